The highest BCUT2D eigenvalue weighted by Crippen LogP contribution is 2.28. The van der Waals surface area contributed by atoms with E-state index in [1.54, 1.807) is 12.4 Å². The minimum Gasteiger partial charge on any atom is -0.322 e. The minimum atomic E-state index is -2.81. The molecule has 0 aromatic carbocycles. The fraction of sp³-hybridized carbons (Fsp3) is 0.636. The topological polar surface area (TPSA) is 85.9 Å². The van der Waals surface area contributed by atoms with E-state index in [0.717, 1.165) is 5.56 Å². The van der Waals surface area contributed by atoms with Crippen LogP contribution in [0.2, 0.25) is 0 Å². The van der Waals surface area contributed by atoms with Crippen LogP contribution in [-0.4, -0.2) is 29.9 Å². The lowest BCUT2D eigenvalue weighted by atomic mass is 9.96. The maximum absolute atomic E-state index is 11.3. The molecule has 1 saturated heterocycles. The number of sulfone groups is 1. The summed E-state index contributed by atoms with van der Waals surface area (Å²) >= 11 is 0. The van der Waals surface area contributed by atoms with Crippen molar-refractivity contribution in [2.75, 3.05) is 11.5 Å². The number of aromatic nitrogens is 2. The molecule has 1 aliphatic heterocycles. The van der Waals surface area contributed by atoms with Gasteiger partial charge in [-0.05, 0) is 31.2 Å². The Kier molecular flexibility index (Phi) is 3.44. The van der Waals surface area contributed by atoms with Gasteiger partial charge in [0.2, 0.25) is 0 Å². The van der Waals surface area contributed by atoms with Crippen molar-refractivity contribution in [2.45, 2.75) is 31.7 Å². The van der Waals surface area contributed by atoms with Crippen LogP contribution in [0.25, 0.3) is 0 Å². The smallest absolute Gasteiger partial charge is 0.150 e. The molecule has 1 unspecified atom stereocenters. The number of hydrogen-bond donors (Lipinski definition) is 1. The molecule has 1 atom stereocenters. The Bertz CT molecular complexity index is 468. The molecule has 17 heavy (non-hydrogen) atoms. The van der Waals surface area contributed by atoms with Crippen LogP contribution in [0.5, 0.6) is 0 Å². The minimum absolute atomic E-state index is 0.171. The van der Waals surface area contributed by atoms with E-state index in [4.69, 9.17) is 5.73 Å². The van der Waals surface area contributed by atoms with Gasteiger partial charge in [0.1, 0.15) is 15.7 Å². The molecule has 1 aromatic heterocycles. The van der Waals surface area contributed by atoms with Gasteiger partial charge in [0, 0.05) is 12.4 Å². The van der Waals surface area contributed by atoms with Crippen molar-refractivity contribution in [2.24, 2.45) is 5.73 Å². The summed E-state index contributed by atoms with van der Waals surface area (Å²) in [5.41, 5.74) is 6.69. The lowest BCUT2D eigenvalue weighted by Gasteiger charge is -2.21. The highest BCUT2D eigenvalue weighted by Gasteiger charge is 2.25. The molecular formula is C11H17N3O2S. The van der Waals surface area contributed by atoms with Gasteiger partial charge < -0.3 is 5.73 Å². The zero-order chi connectivity index (χ0) is 12.5. The van der Waals surface area contributed by atoms with Crippen LogP contribution >= 0.6 is 0 Å². The quantitative estimate of drug-likeness (QED) is 0.844. The second-order valence-corrected chi connectivity index (χ2v) is 6.89. The molecule has 5 nitrogen and oxygen atoms in total. The molecule has 0 saturated carbocycles. The van der Waals surface area contributed by atoms with E-state index >= 15 is 0 Å². The van der Waals surface area contributed by atoms with E-state index in [1.165, 1.54) is 0 Å². The first-order valence-electron chi connectivity index (χ1n) is 5.76. The largest absolute Gasteiger partial charge is 0.322 e. The Morgan fingerprint density at radius 1 is 1.29 bits per heavy atom. The Morgan fingerprint density at radius 3 is 2.29 bits per heavy atom. The number of nitrogens with two attached hydrogens (primary N) is 1. The summed E-state index contributed by atoms with van der Waals surface area (Å²) in [7, 11) is -2.81. The molecule has 0 amide bonds. The second-order valence-electron chi connectivity index (χ2n) is 4.59. The first-order valence-corrected chi connectivity index (χ1v) is 7.58. The third-order valence-corrected chi connectivity index (χ3v) is 4.84. The third kappa shape index (κ3) is 3.01. The van der Waals surface area contributed by atoms with Crippen molar-refractivity contribution in [1.29, 1.82) is 0 Å². The Morgan fingerprint density at radius 2 is 1.82 bits per heavy atom. The van der Waals surface area contributed by atoms with Gasteiger partial charge in [-0.2, -0.15) is 0 Å². The number of rotatable bonds is 2. The van der Waals surface area contributed by atoms with Crippen LogP contribution in [0.3, 0.4) is 0 Å². The average Bonchev–Trinajstić information content (AvgIpc) is 2.29. The molecule has 2 rings (SSSR count). The molecule has 0 radical (unpaired) electrons. The highest BCUT2D eigenvalue weighted by molar-refractivity contribution is 7.91. The van der Waals surface area contributed by atoms with Gasteiger partial charge in [-0.1, -0.05) is 0 Å². The molecule has 1 aromatic rings. The van der Waals surface area contributed by atoms with E-state index < -0.39 is 9.84 Å². The van der Waals surface area contributed by atoms with Gasteiger partial charge in [-0.3, -0.25) is 0 Å². The molecule has 6 heteroatoms. The monoisotopic (exact) mass is 255 g/mol. The summed E-state index contributed by atoms with van der Waals surface area (Å²) in [6, 6.07) is -0.171. The summed E-state index contributed by atoms with van der Waals surface area (Å²) in [5, 5.41) is 0. The Labute approximate surface area is 101 Å². The molecule has 0 bridgehead atoms. The van der Waals surface area contributed by atoms with E-state index in [1.807, 2.05) is 6.92 Å². The van der Waals surface area contributed by atoms with E-state index in [0.29, 0.717) is 18.7 Å². The number of nitrogens with zero attached hydrogens (tertiary/aromatic N) is 2. The lowest BCUT2D eigenvalue weighted by Crippen LogP contribution is -2.22. The first-order chi connectivity index (χ1) is 7.98. The van der Waals surface area contributed by atoms with Crippen LogP contribution in [-0.2, 0) is 9.84 Å². The van der Waals surface area contributed by atoms with Crippen LogP contribution in [0.4, 0.5) is 0 Å². The molecule has 94 valence electrons. The van der Waals surface area contributed by atoms with Gasteiger partial charge in [0.05, 0.1) is 17.5 Å². The summed E-state index contributed by atoms with van der Waals surface area (Å²) in [6.07, 6.45) is 4.88. The van der Waals surface area contributed by atoms with Crippen molar-refractivity contribution in [3.63, 3.8) is 0 Å². The lowest BCUT2D eigenvalue weighted by molar-refractivity contribution is 0.547. The maximum atomic E-state index is 11.3. The third-order valence-electron chi connectivity index (χ3n) is 3.13. The van der Waals surface area contributed by atoms with Gasteiger partial charge in [0.25, 0.3) is 0 Å². The van der Waals surface area contributed by atoms with E-state index in [2.05, 4.69) is 9.97 Å². The molecule has 0 spiro atoms. The Hall–Kier alpha value is -1.01. The van der Waals surface area contributed by atoms with Gasteiger partial charge in [-0.15, -0.1) is 0 Å². The van der Waals surface area contributed by atoms with Gasteiger partial charge in [-0.25, -0.2) is 18.4 Å². The molecule has 0 aliphatic carbocycles. The first kappa shape index (κ1) is 12.4. The van der Waals surface area contributed by atoms with E-state index in [-0.39, 0.29) is 23.5 Å². The molecule has 2 heterocycles. The zero-order valence-corrected chi connectivity index (χ0v) is 10.7. The predicted molar refractivity (Wildman–Crippen MR) is 65.3 cm³/mol. The highest BCUT2D eigenvalue weighted by atomic mass is 32.2. The summed E-state index contributed by atoms with van der Waals surface area (Å²) in [6.45, 7) is 1.84. The van der Waals surface area contributed by atoms with Crippen LogP contribution in [0.1, 0.15) is 43.1 Å². The normalized spacial score (nSPS) is 22.2. The fourth-order valence-corrected chi connectivity index (χ4v) is 3.51. The standard InChI is InChI=1S/C11H17N3O2S/c1-8(12)11-13-6-10(7-14-11)9-2-4-17(15,16)5-3-9/h6-9H,2-5,12H2,1H3. The molecular weight excluding hydrogens is 238 g/mol. The van der Waals surface area contributed by atoms with Crippen molar-refractivity contribution < 1.29 is 8.42 Å². The summed E-state index contributed by atoms with van der Waals surface area (Å²) < 4.78 is 22.6. The fourth-order valence-electron chi connectivity index (χ4n) is 2.02. The van der Waals surface area contributed by atoms with Crippen molar-refractivity contribution in [1.82, 2.24) is 9.97 Å². The maximum Gasteiger partial charge on any atom is 0.150 e. The summed E-state index contributed by atoms with van der Waals surface area (Å²) in [4.78, 5) is 8.41. The molecule has 1 aliphatic rings. The van der Waals surface area contributed by atoms with E-state index in [9.17, 15) is 8.42 Å². The van der Waals surface area contributed by atoms with Crippen LogP contribution < -0.4 is 5.73 Å². The predicted octanol–water partition coefficient (Wildman–Crippen LogP) is 0.788. The van der Waals surface area contributed by atoms with Crippen molar-refractivity contribution >= 4 is 9.84 Å². The molecule has 2 N–H and O–H groups in total. The zero-order valence-electron chi connectivity index (χ0n) is 9.83. The molecule has 1 fully saturated rings. The van der Waals surface area contributed by atoms with Crippen molar-refractivity contribution in [3.8, 4) is 0 Å². The van der Waals surface area contributed by atoms with Crippen LogP contribution in [0, 0.1) is 0 Å². The van der Waals surface area contributed by atoms with Gasteiger partial charge >= 0.3 is 0 Å². The van der Waals surface area contributed by atoms with Crippen LogP contribution in [0.15, 0.2) is 12.4 Å². The second kappa shape index (κ2) is 4.70. The van der Waals surface area contributed by atoms with Crippen molar-refractivity contribution in [3.05, 3.63) is 23.8 Å². The average molecular weight is 255 g/mol. The summed E-state index contributed by atoms with van der Waals surface area (Å²) in [5.74, 6) is 1.43. The van der Waals surface area contributed by atoms with Gasteiger partial charge in [0.15, 0.2) is 0 Å². The SMILES string of the molecule is CC(N)c1ncc(C2CCS(=O)(=O)CC2)cn1. The number of hydrogen-bond acceptors (Lipinski definition) is 5. The Balaban J connectivity index is 2.09.